The van der Waals surface area contributed by atoms with E-state index < -0.39 is 0 Å². The van der Waals surface area contributed by atoms with Gasteiger partial charge in [-0.2, -0.15) is 0 Å². The van der Waals surface area contributed by atoms with Crippen LogP contribution in [0.1, 0.15) is 28.7 Å². The Balaban J connectivity index is 2.03. The van der Waals surface area contributed by atoms with Crippen LogP contribution in [0.2, 0.25) is 0 Å². The van der Waals surface area contributed by atoms with Gasteiger partial charge in [-0.1, -0.05) is 0 Å². The summed E-state index contributed by atoms with van der Waals surface area (Å²) in [5, 5.41) is 0. The smallest absolute Gasteiger partial charge is 0.178 e. The maximum atomic E-state index is 12.4. The normalized spacial score (nSPS) is 21.8. The first-order valence-corrected chi connectivity index (χ1v) is 6.99. The molecule has 0 spiro atoms. The van der Waals surface area contributed by atoms with Crippen molar-refractivity contribution in [2.24, 2.45) is 7.05 Å². The topological polar surface area (TPSA) is 28.5 Å². The molecule has 0 bridgehead atoms. The van der Waals surface area contributed by atoms with Gasteiger partial charge in [0.25, 0.3) is 0 Å². The molecule has 1 aromatic rings. The Kier molecular flexibility index (Phi) is 4.11. The third-order valence-corrected chi connectivity index (χ3v) is 4.49. The Labute approximate surface area is 116 Å². The predicted octanol–water partition coefficient (Wildman–Crippen LogP) is 1.46. The van der Waals surface area contributed by atoms with E-state index in [-0.39, 0.29) is 5.78 Å². The Morgan fingerprint density at radius 3 is 2.53 bits per heavy atom. The summed E-state index contributed by atoms with van der Waals surface area (Å²) < 4.78 is 2.08. The van der Waals surface area contributed by atoms with E-state index in [1.54, 1.807) is 0 Å². The van der Waals surface area contributed by atoms with Crippen molar-refractivity contribution in [3.8, 4) is 0 Å². The molecule has 1 atom stereocenters. The van der Waals surface area contributed by atoms with E-state index >= 15 is 0 Å². The van der Waals surface area contributed by atoms with Crippen LogP contribution in [0.3, 0.4) is 0 Å². The summed E-state index contributed by atoms with van der Waals surface area (Å²) in [6, 6.07) is 2.54. The molecule has 0 radical (unpaired) electrons. The maximum Gasteiger partial charge on any atom is 0.178 e. The summed E-state index contributed by atoms with van der Waals surface area (Å²) in [4.78, 5) is 17.0. The fourth-order valence-corrected chi connectivity index (χ4v) is 2.69. The van der Waals surface area contributed by atoms with Gasteiger partial charge in [-0.25, -0.2) is 0 Å². The molecule has 0 amide bonds. The summed E-state index contributed by atoms with van der Waals surface area (Å²) in [6.45, 7) is 9.83. The number of rotatable bonds is 3. The van der Waals surface area contributed by atoms with Gasteiger partial charge in [0.1, 0.15) is 0 Å². The second-order valence-corrected chi connectivity index (χ2v) is 5.83. The predicted molar refractivity (Wildman–Crippen MR) is 77.7 cm³/mol. The minimum atomic E-state index is 0.248. The van der Waals surface area contributed by atoms with Gasteiger partial charge in [-0.3, -0.25) is 9.69 Å². The van der Waals surface area contributed by atoms with Gasteiger partial charge in [0.05, 0.1) is 6.54 Å². The fourth-order valence-electron chi connectivity index (χ4n) is 2.69. The number of aromatic nitrogens is 1. The molecular formula is C15H25N3O. The average Bonchev–Trinajstić information content (AvgIpc) is 2.62. The number of Topliss-reactive ketones (excluding diaryl/α,β-unsaturated/α-hetero) is 1. The monoisotopic (exact) mass is 263 g/mol. The second kappa shape index (κ2) is 5.47. The third kappa shape index (κ3) is 2.90. The molecular weight excluding hydrogens is 238 g/mol. The van der Waals surface area contributed by atoms with Gasteiger partial charge in [0.2, 0.25) is 0 Å². The van der Waals surface area contributed by atoms with Gasteiger partial charge < -0.3 is 9.47 Å². The van der Waals surface area contributed by atoms with Crippen molar-refractivity contribution in [3.63, 3.8) is 0 Å². The van der Waals surface area contributed by atoms with E-state index in [1.807, 2.05) is 27.0 Å². The molecule has 2 heterocycles. The Morgan fingerprint density at radius 2 is 2.00 bits per heavy atom. The van der Waals surface area contributed by atoms with Crippen molar-refractivity contribution in [1.29, 1.82) is 0 Å². The quantitative estimate of drug-likeness (QED) is 0.773. The molecule has 2 rings (SSSR count). The van der Waals surface area contributed by atoms with Crippen LogP contribution < -0.4 is 0 Å². The zero-order valence-corrected chi connectivity index (χ0v) is 12.7. The lowest BCUT2D eigenvalue weighted by atomic mass is 10.1. The lowest BCUT2D eigenvalue weighted by Gasteiger charge is -2.37. The second-order valence-electron chi connectivity index (χ2n) is 5.83. The Bertz CT molecular complexity index is 478. The summed E-state index contributed by atoms with van der Waals surface area (Å²) in [5.74, 6) is 0.248. The maximum absolute atomic E-state index is 12.4. The van der Waals surface area contributed by atoms with Crippen LogP contribution in [0.25, 0.3) is 0 Å². The fraction of sp³-hybridized carbons (Fsp3) is 0.667. The summed E-state index contributed by atoms with van der Waals surface area (Å²) in [6.07, 6.45) is 0. The highest BCUT2D eigenvalue weighted by Gasteiger charge is 2.23. The Hall–Kier alpha value is -1.13. The number of nitrogens with zero attached hydrogens (tertiary/aromatic N) is 3. The minimum absolute atomic E-state index is 0.248. The lowest BCUT2D eigenvalue weighted by Crippen LogP contribution is -2.51. The standard InChI is InChI=1S/C15H25N3O/c1-11-8-14(13(3)17(11)5)15(19)10-18-7-6-16(4)12(2)9-18/h8,12H,6-7,9-10H2,1-5H3. The van der Waals surface area contributed by atoms with Crippen LogP contribution in [-0.2, 0) is 7.05 Å². The van der Waals surface area contributed by atoms with E-state index in [1.165, 1.54) is 0 Å². The number of likely N-dealkylation sites (N-methyl/N-ethyl adjacent to an activating group) is 1. The van der Waals surface area contributed by atoms with Crippen LogP contribution in [0.4, 0.5) is 0 Å². The van der Waals surface area contributed by atoms with Crippen molar-refractivity contribution in [1.82, 2.24) is 14.4 Å². The molecule has 1 unspecified atom stereocenters. The van der Waals surface area contributed by atoms with Crippen molar-refractivity contribution < 1.29 is 4.79 Å². The molecule has 1 aromatic heterocycles. The molecule has 19 heavy (non-hydrogen) atoms. The molecule has 1 aliphatic heterocycles. The average molecular weight is 263 g/mol. The molecule has 0 saturated carbocycles. The van der Waals surface area contributed by atoms with E-state index in [2.05, 4.69) is 28.3 Å². The van der Waals surface area contributed by atoms with Crippen LogP contribution in [0.15, 0.2) is 6.07 Å². The molecule has 0 aromatic carbocycles. The first kappa shape index (κ1) is 14.3. The molecule has 106 valence electrons. The van der Waals surface area contributed by atoms with Crippen LogP contribution in [0.5, 0.6) is 0 Å². The molecule has 0 N–H and O–H groups in total. The zero-order chi connectivity index (χ0) is 14.2. The van der Waals surface area contributed by atoms with Gasteiger partial charge in [-0.05, 0) is 33.9 Å². The molecule has 0 aliphatic carbocycles. The van der Waals surface area contributed by atoms with Gasteiger partial charge in [-0.15, -0.1) is 0 Å². The number of carbonyl (C=O) groups excluding carboxylic acids is 1. The van der Waals surface area contributed by atoms with Crippen molar-refractivity contribution in [3.05, 3.63) is 23.0 Å². The Morgan fingerprint density at radius 1 is 1.32 bits per heavy atom. The third-order valence-electron chi connectivity index (χ3n) is 4.49. The number of aryl methyl sites for hydroxylation is 1. The van der Waals surface area contributed by atoms with Crippen molar-refractivity contribution >= 4 is 5.78 Å². The number of ketones is 1. The van der Waals surface area contributed by atoms with Crippen molar-refractivity contribution in [2.75, 3.05) is 33.2 Å². The van der Waals surface area contributed by atoms with Gasteiger partial charge in [0.15, 0.2) is 5.78 Å². The highest BCUT2D eigenvalue weighted by Crippen LogP contribution is 2.15. The number of hydrogen-bond acceptors (Lipinski definition) is 3. The highest BCUT2D eigenvalue weighted by atomic mass is 16.1. The van der Waals surface area contributed by atoms with E-state index in [4.69, 9.17) is 0 Å². The SMILES string of the molecule is Cc1cc(C(=O)CN2CCN(C)C(C)C2)c(C)n1C. The zero-order valence-electron chi connectivity index (χ0n) is 12.7. The van der Waals surface area contributed by atoms with Gasteiger partial charge in [0, 0.05) is 49.7 Å². The van der Waals surface area contributed by atoms with Crippen LogP contribution >= 0.6 is 0 Å². The van der Waals surface area contributed by atoms with Crippen molar-refractivity contribution in [2.45, 2.75) is 26.8 Å². The van der Waals surface area contributed by atoms with E-state index in [0.717, 1.165) is 36.6 Å². The van der Waals surface area contributed by atoms with E-state index in [9.17, 15) is 4.79 Å². The molecule has 1 fully saturated rings. The molecule has 4 nitrogen and oxygen atoms in total. The highest BCUT2D eigenvalue weighted by molar-refractivity contribution is 5.99. The summed E-state index contributed by atoms with van der Waals surface area (Å²) in [5.41, 5.74) is 3.10. The van der Waals surface area contributed by atoms with Crippen LogP contribution in [-0.4, -0.2) is 59.4 Å². The first-order valence-electron chi connectivity index (χ1n) is 6.99. The molecule has 1 saturated heterocycles. The van der Waals surface area contributed by atoms with E-state index in [0.29, 0.717) is 12.6 Å². The summed E-state index contributed by atoms with van der Waals surface area (Å²) >= 11 is 0. The number of piperazine rings is 1. The number of hydrogen-bond donors (Lipinski definition) is 0. The summed E-state index contributed by atoms with van der Waals surface area (Å²) in [7, 11) is 4.16. The largest absolute Gasteiger partial charge is 0.351 e. The lowest BCUT2D eigenvalue weighted by molar-refractivity contribution is 0.0785. The first-order chi connectivity index (χ1) is 8.90. The minimum Gasteiger partial charge on any atom is -0.351 e. The molecule has 4 heteroatoms. The van der Waals surface area contributed by atoms with Crippen LogP contribution in [0, 0.1) is 13.8 Å². The van der Waals surface area contributed by atoms with Gasteiger partial charge >= 0.3 is 0 Å². The molecule has 1 aliphatic rings. The number of carbonyl (C=O) groups is 1.